The molecule has 1 aromatic heterocycles. The molecular weight excluding hydrogens is 328 g/mol. The predicted molar refractivity (Wildman–Crippen MR) is 101 cm³/mol. The van der Waals surface area contributed by atoms with Crippen LogP contribution in [-0.4, -0.2) is 47.8 Å². The lowest BCUT2D eigenvalue weighted by atomic mass is 9.75. The molecule has 0 radical (unpaired) electrons. The highest BCUT2D eigenvalue weighted by Gasteiger charge is 2.42. The van der Waals surface area contributed by atoms with Crippen LogP contribution in [-0.2, 0) is 16.0 Å². The van der Waals surface area contributed by atoms with Gasteiger partial charge in [0.2, 0.25) is 0 Å². The lowest BCUT2D eigenvalue weighted by molar-refractivity contribution is -0.149. The number of H-pyrrole nitrogens is 1. The Balaban J connectivity index is 1.73. The molecule has 1 saturated heterocycles. The Labute approximate surface area is 153 Å². The predicted octanol–water partition coefficient (Wildman–Crippen LogP) is 2.81. The van der Waals surface area contributed by atoms with Gasteiger partial charge in [0.1, 0.15) is 0 Å². The number of esters is 1. The number of carbonyl (C=O) groups excluding carboxylic acids is 1. The molecule has 5 nitrogen and oxygen atoms in total. The van der Waals surface area contributed by atoms with Crippen molar-refractivity contribution in [3.8, 4) is 0 Å². The van der Waals surface area contributed by atoms with Gasteiger partial charge in [0, 0.05) is 29.7 Å². The van der Waals surface area contributed by atoms with Gasteiger partial charge >= 0.3 is 5.97 Å². The van der Waals surface area contributed by atoms with Crippen LogP contribution >= 0.6 is 0 Å². The van der Waals surface area contributed by atoms with Crippen molar-refractivity contribution in [1.82, 2.24) is 9.88 Å². The Morgan fingerprint density at radius 2 is 2.27 bits per heavy atom. The van der Waals surface area contributed by atoms with E-state index in [1.165, 1.54) is 34.8 Å². The normalized spacial score (nSPS) is 25.7. The van der Waals surface area contributed by atoms with Crippen LogP contribution in [0.1, 0.15) is 30.6 Å². The smallest absolute Gasteiger partial charge is 0.311 e. The summed E-state index contributed by atoms with van der Waals surface area (Å²) in [6.07, 6.45) is 3.96. The number of hydrogen-bond acceptors (Lipinski definition) is 4. The molecule has 1 aromatic carbocycles. The molecule has 0 amide bonds. The number of aromatic amines is 1. The minimum atomic E-state index is -0.497. The van der Waals surface area contributed by atoms with Crippen molar-refractivity contribution in [2.45, 2.75) is 25.8 Å². The van der Waals surface area contributed by atoms with Crippen LogP contribution in [0.25, 0.3) is 10.9 Å². The largest absolute Gasteiger partial charge is 0.469 e. The van der Waals surface area contributed by atoms with Crippen LogP contribution in [0.4, 0.5) is 0 Å². The number of hydrogen-bond donors (Lipinski definition) is 2. The van der Waals surface area contributed by atoms with Gasteiger partial charge < -0.3 is 14.8 Å². The van der Waals surface area contributed by atoms with E-state index in [-0.39, 0.29) is 24.5 Å². The lowest BCUT2D eigenvalue weighted by Gasteiger charge is -2.45. The maximum absolute atomic E-state index is 12.2. The Kier molecular flexibility index (Phi) is 4.59. The third-order valence-corrected chi connectivity index (χ3v) is 6.17. The van der Waals surface area contributed by atoms with Gasteiger partial charge in [-0.05, 0) is 37.3 Å². The quantitative estimate of drug-likeness (QED) is 0.657. The Hall–Kier alpha value is -2.11. The van der Waals surface area contributed by atoms with E-state index in [2.05, 4.69) is 40.2 Å². The van der Waals surface area contributed by atoms with Gasteiger partial charge in [-0.15, -0.1) is 0 Å². The first-order chi connectivity index (χ1) is 12.7. The Morgan fingerprint density at radius 3 is 3.00 bits per heavy atom. The Bertz CT molecular complexity index is 854. The van der Waals surface area contributed by atoms with Crippen LogP contribution < -0.4 is 0 Å². The van der Waals surface area contributed by atoms with Crippen molar-refractivity contribution in [3.63, 3.8) is 0 Å². The minimum Gasteiger partial charge on any atom is -0.469 e. The second kappa shape index (κ2) is 6.89. The fourth-order valence-electron chi connectivity index (χ4n) is 4.81. The highest BCUT2D eigenvalue weighted by atomic mass is 16.5. The van der Waals surface area contributed by atoms with E-state index in [4.69, 9.17) is 4.74 Å². The standard InChI is InChI=1S/C21H26N2O3/c1-3-13-11-23-9-8-15-14-6-4-5-7-18(14)22-20(15)19(23)10-16(13)17(12-24)21(25)26-2/h3-7,16-17,19,22,24H,8-12H2,1-2H3/b13-3-/t16-,17+,19+/m1/s1. The van der Waals surface area contributed by atoms with Crippen molar-refractivity contribution >= 4 is 16.9 Å². The summed E-state index contributed by atoms with van der Waals surface area (Å²) in [5, 5.41) is 11.2. The summed E-state index contributed by atoms with van der Waals surface area (Å²) < 4.78 is 4.96. The number of aliphatic hydroxyl groups excluding tert-OH is 1. The summed E-state index contributed by atoms with van der Waals surface area (Å²) in [7, 11) is 1.39. The third kappa shape index (κ3) is 2.66. The van der Waals surface area contributed by atoms with E-state index in [1.807, 2.05) is 6.92 Å². The van der Waals surface area contributed by atoms with E-state index in [0.717, 1.165) is 25.9 Å². The van der Waals surface area contributed by atoms with Crippen LogP contribution in [0.5, 0.6) is 0 Å². The summed E-state index contributed by atoms with van der Waals surface area (Å²) in [6.45, 7) is 3.70. The maximum Gasteiger partial charge on any atom is 0.311 e. The minimum absolute atomic E-state index is 0.0102. The molecule has 0 spiro atoms. The number of aliphatic hydroxyl groups is 1. The molecule has 2 aliphatic heterocycles. The molecule has 2 N–H and O–H groups in total. The van der Waals surface area contributed by atoms with E-state index in [0.29, 0.717) is 0 Å². The summed E-state index contributed by atoms with van der Waals surface area (Å²) in [5.41, 5.74) is 5.09. The SMILES string of the molecule is C/C=C1/CN2CCc3c([nH]c4ccccc34)[C@@H]2C[C@H]1[C@H](CO)C(=O)OC. The summed E-state index contributed by atoms with van der Waals surface area (Å²) >= 11 is 0. The van der Waals surface area contributed by atoms with E-state index < -0.39 is 5.92 Å². The van der Waals surface area contributed by atoms with Crippen molar-refractivity contribution < 1.29 is 14.6 Å². The fourth-order valence-corrected chi connectivity index (χ4v) is 4.81. The van der Waals surface area contributed by atoms with Crippen LogP contribution in [0, 0.1) is 11.8 Å². The number of para-hydroxylation sites is 1. The van der Waals surface area contributed by atoms with E-state index in [9.17, 15) is 9.90 Å². The zero-order valence-electron chi connectivity index (χ0n) is 15.4. The van der Waals surface area contributed by atoms with Gasteiger partial charge in [-0.1, -0.05) is 29.8 Å². The molecule has 2 aliphatic rings. The molecule has 0 unspecified atom stereocenters. The third-order valence-electron chi connectivity index (χ3n) is 6.17. The van der Waals surface area contributed by atoms with Gasteiger partial charge in [0.25, 0.3) is 0 Å². The monoisotopic (exact) mass is 354 g/mol. The first kappa shape index (κ1) is 17.3. The molecule has 4 rings (SSSR count). The molecule has 138 valence electrons. The van der Waals surface area contributed by atoms with Crippen LogP contribution in [0.15, 0.2) is 35.9 Å². The van der Waals surface area contributed by atoms with Gasteiger partial charge in [0.15, 0.2) is 0 Å². The zero-order valence-corrected chi connectivity index (χ0v) is 15.4. The molecule has 0 saturated carbocycles. The average Bonchev–Trinajstić information content (AvgIpc) is 3.07. The summed E-state index contributed by atoms with van der Waals surface area (Å²) in [4.78, 5) is 18.3. The second-order valence-corrected chi connectivity index (χ2v) is 7.32. The number of rotatable bonds is 3. The number of nitrogens with one attached hydrogen (secondary N) is 1. The van der Waals surface area contributed by atoms with Crippen LogP contribution in [0.2, 0.25) is 0 Å². The van der Waals surface area contributed by atoms with Gasteiger partial charge in [0.05, 0.1) is 25.7 Å². The van der Waals surface area contributed by atoms with Crippen molar-refractivity contribution in [2.75, 3.05) is 26.8 Å². The molecule has 2 aromatic rings. The first-order valence-corrected chi connectivity index (χ1v) is 9.35. The first-order valence-electron chi connectivity index (χ1n) is 9.35. The molecular formula is C21H26N2O3. The number of allylic oxidation sites excluding steroid dienone is 1. The van der Waals surface area contributed by atoms with Crippen molar-refractivity contribution in [1.29, 1.82) is 0 Å². The molecule has 1 fully saturated rings. The number of benzene rings is 1. The molecule has 5 heteroatoms. The zero-order chi connectivity index (χ0) is 18.3. The number of nitrogens with zero attached hydrogens (tertiary/aromatic N) is 1. The van der Waals surface area contributed by atoms with E-state index in [1.54, 1.807) is 0 Å². The summed E-state index contributed by atoms with van der Waals surface area (Å²) in [6, 6.07) is 8.70. The lowest BCUT2D eigenvalue weighted by Crippen LogP contribution is -2.45. The average molecular weight is 354 g/mol. The number of fused-ring (bicyclic) bond motifs is 5. The highest BCUT2D eigenvalue weighted by molar-refractivity contribution is 5.85. The van der Waals surface area contributed by atoms with Gasteiger partial charge in [-0.3, -0.25) is 9.69 Å². The Morgan fingerprint density at radius 1 is 1.46 bits per heavy atom. The number of piperidine rings is 1. The maximum atomic E-state index is 12.2. The van der Waals surface area contributed by atoms with Crippen LogP contribution in [0.3, 0.4) is 0 Å². The van der Waals surface area contributed by atoms with Gasteiger partial charge in [-0.2, -0.15) is 0 Å². The van der Waals surface area contributed by atoms with Gasteiger partial charge in [-0.25, -0.2) is 0 Å². The summed E-state index contributed by atoms with van der Waals surface area (Å²) in [5.74, 6) is -0.808. The molecule has 3 heterocycles. The number of carbonyl (C=O) groups is 1. The van der Waals surface area contributed by atoms with Crippen molar-refractivity contribution in [2.24, 2.45) is 11.8 Å². The second-order valence-electron chi connectivity index (χ2n) is 7.32. The number of methoxy groups -OCH3 is 1. The number of aromatic nitrogens is 1. The van der Waals surface area contributed by atoms with E-state index >= 15 is 0 Å². The molecule has 26 heavy (non-hydrogen) atoms. The fraction of sp³-hybridized carbons (Fsp3) is 0.476. The molecule has 0 bridgehead atoms. The highest BCUT2D eigenvalue weighted by Crippen LogP contribution is 2.44. The number of ether oxygens (including phenoxy) is 1. The topological polar surface area (TPSA) is 65.6 Å². The molecule has 0 aliphatic carbocycles. The van der Waals surface area contributed by atoms with Crippen molar-refractivity contribution in [3.05, 3.63) is 47.2 Å². The molecule has 3 atom stereocenters.